The van der Waals surface area contributed by atoms with Gasteiger partial charge in [0.1, 0.15) is 12.4 Å². The first-order valence-electron chi connectivity index (χ1n) is 12.9. The molecule has 1 aliphatic heterocycles. The zero-order valence-corrected chi connectivity index (χ0v) is 21.8. The molecule has 0 spiro atoms. The number of piperazine rings is 1. The molecule has 4 bridgehead atoms. The van der Waals surface area contributed by atoms with Gasteiger partial charge in [-0.3, -0.25) is 24.5 Å². The highest BCUT2D eigenvalue weighted by Gasteiger charge is 2.59. The Hall–Kier alpha value is -2.16. The van der Waals surface area contributed by atoms with Gasteiger partial charge in [-0.05, 0) is 73.5 Å². The number of carbonyl (C=O) groups excluding carboxylic acids is 1. The number of rotatable bonds is 6. The fraction of sp³-hybridized carbons (Fsp3) is 0.615. The van der Waals surface area contributed by atoms with Crippen molar-refractivity contribution in [2.45, 2.75) is 57.0 Å². The molecule has 5 fully saturated rings. The van der Waals surface area contributed by atoms with Crippen LogP contribution in [0.5, 0.6) is 0 Å². The van der Waals surface area contributed by atoms with Crippen LogP contribution in [0.3, 0.4) is 0 Å². The van der Waals surface area contributed by atoms with Gasteiger partial charge in [0.2, 0.25) is 5.91 Å². The van der Waals surface area contributed by atoms with Crippen LogP contribution in [0.15, 0.2) is 30.6 Å². The molecule has 2 aromatic rings. The first kappa shape index (κ1) is 24.2. The molecule has 0 N–H and O–H groups in total. The predicted molar refractivity (Wildman–Crippen MR) is 137 cm³/mol. The number of amides is 1. The number of nitrogens with zero attached hydrogens (tertiary/aromatic N) is 5. The third-order valence-corrected chi connectivity index (χ3v) is 9.66. The average Bonchev–Trinajstić information content (AvgIpc) is 3.32. The van der Waals surface area contributed by atoms with Crippen molar-refractivity contribution in [2.24, 2.45) is 17.3 Å². The van der Waals surface area contributed by atoms with Crippen molar-refractivity contribution in [3.05, 3.63) is 56.3 Å². The number of hydrogen-bond acceptors (Lipinski definition) is 5. The maximum Gasteiger partial charge on any atom is 0.307 e. The molecule has 2 atom stereocenters. The number of hydrogen-bond donors (Lipinski definition) is 0. The van der Waals surface area contributed by atoms with Gasteiger partial charge in [-0.25, -0.2) is 0 Å². The Labute approximate surface area is 220 Å². The molecule has 1 amide bonds. The van der Waals surface area contributed by atoms with Crippen molar-refractivity contribution in [3.8, 4) is 0 Å². The molecule has 36 heavy (non-hydrogen) atoms. The van der Waals surface area contributed by atoms with Crippen molar-refractivity contribution in [3.63, 3.8) is 0 Å². The van der Waals surface area contributed by atoms with Gasteiger partial charge >= 0.3 is 5.69 Å². The summed E-state index contributed by atoms with van der Waals surface area (Å²) in [6.45, 7) is 3.85. The van der Waals surface area contributed by atoms with E-state index < -0.39 is 0 Å². The summed E-state index contributed by atoms with van der Waals surface area (Å²) in [6.07, 6.45) is 9.88. The normalized spacial score (nSPS) is 31.7. The van der Waals surface area contributed by atoms with E-state index in [1.807, 2.05) is 21.7 Å². The van der Waals surface area contributed by atoms with Gasteiger partial charge in [0.15, 0.2) is 0 Å². The Morgan fingerprint density at radius 3 is 2.47 bits per heavy atom. The SMILES string of the molecule is O=C(CC12CC3CC(C1)CC(n1cc([N+](=O)[O-])cn1)(C3)C2)N1CCN(Cc2ccc(Cl)cc2Cl)CC1. The number of aromatic nitrogens is 2. The first-order valence-corrected chi connectivity index (χ1v) is 13.6. The zero-order valence-electron chi connectivity index (χ0n) is 20.2. The fourth-order valence-corrected chi connectivity index (χ4v) is 8.49. The van der Waals surface area contributed by atoms with E-state index in [9.17, 15) is 14.9 Å². The second kappa shape index (κ2) is 8.99. The summed E-state index contributed by atoms with van der Waals surface area (Å²) in [4.78, 5) is 28.8. The Balaban J connectivity index is 1.11. The molecular weight excluding hydrogens is 501 g/mol. The Morgan fingerprint density at radius 1 is 1.11 bits per heavy atom. The fourth-order valence-electron chi connectivity index (χ4n) is 8.02. The lowest BCUT2D eigenvalue weighted by Gasteiger charge is -2.62. The summed E-state index contributed by atoms with van der Waals surface area (Å²) < 4.78 is 1.88. The molecule has 5 aliphatic rings. The van der Waals surface area contributed by atoms with Crippen LogP contribution < -0.4 is 0 Å². The van der Waals surface area contributed by atoms with Crippen LogP contribution in [-0.2, 0) is 16.9 Å². The van der Waals surface area contributed by atoms with Crippen molar-refractivity contribution < 1.29 is 9.72 Å². The first-order chi connectivity index (χ1) is 17.2. The molecule has 10 heteroatoms. The van der Waals surface area contributed by atoms with Crippen LogP contribution in [0.1, 0.15) is 50.5 Å². The third kappa shape index (κ3) is 4.41. The number of halogens is 2. The van der Waals surface area contributed by atoms with Crippen molar-refractivity contribution in [2.75, 3.05) is 26.2 Å². The van der Waals surface area contributed by atoms with E-state index in [4.69, 9.17) is 23.2 Å². The van der Waals surface area contributed by atoms with E-state index in [1.165, 1.54) is 12.6 Å². The maximum absolute atomic E-state index is 13.5. The molecule has 1 saturated heterocycles. The van der Waals surface area contributed by atoms with E-state index in [0.717, 1.165) is 70.4 Å². The van der Waals surface area contributed by atoms with Crippen LogP contribution in [0.25, 0.3) is 0 Å². The van der Waals surface area contributed by atoms with E-state index in [0.29, 0.717) is 28.3 Å². The van der Waals surface area contributed by atoms with Crippen LogP contribution in [0.4, 0.5) is 5.69 Å². The maximum atomic E-state index is 13.5. The smallest absolute Gasteiger partial charge is 0.307 e. The molecule has 1 aromatic carbocycles. The molecule has 192 valence electrons. The summed E-state index contributed by atoms with van der Waals surface area (Å²) in [5.41, 5.74) is 0.901. The Bertz CT molecular complexity index is 1180. The van der Waals surface area contributed by atoms with E-state index in [1.54, 1.807) is 12.3 Å². The molecule has 4 aliphatic carbocycles. The van der Waals surface area contributed by atoms with Gasteiger partial charge in [0.25, 0.3) is 0 Å². The number of benzene rings is 1. The minimum atomic E-state index is -0.371. The van der Waals surface area contributed by atoms with Crippen LogP contribution in [-0.4, -0.2) is 56.6 Å². The molecule has 2 heterocycles. The molecule has 8 nitrogen and oxygen atoms in total. The standard InChI is InChI=1S/C26H31Cl2N5O3/c27-21-2-1-20(23(28)8-21)15-30-3-5-31(6-4-30)24(34)13-25-9-18-7-19(10-25)12-26(11-18,17-25)32-16-22(14-29-32)33(35)36/h1-2,8,14,16,18-19H,3-7,9-13,15,17H2. The summed E-state index contributed by atoms with van der Waals surface area (Å²) in [5, 5.41) is 17.0. The van der Waals surface area contributed by atoms with Gasteiger partial charge in [0, 0.05) is 49.2 Å². The number of carbonyl (C=O) groups is 1. The number of nitro groups is 1. The van der Waals surface area contributed by atoms with Crippen molar-refractivity contribution in [1.82, 2.24) is 19.6 Å². The van der Waals surface area contributed by atoms with Gasteiger partial charge in [-0.1, -0.05) is 29.3 Å². The van der Waals surface area contributed by atoms with Gasteiger partial charge in [-0.15, -0.1) is 0 Å². The lowest BCUT2D eigenvalue weighted by molar-refractivity contribution is -0.385. The van der Waals surface area contributed by atoms with E-state index >= 15 is 0 Å². The highest BCUT2D eigenvalue weighted by molar-refractivity contribution is 6.35. The van der Waals surface area contributed by atoms with Crippen molar-refractivity contribution >= 4 is 34.8 Å². The largest absolute Gasteiger partial charge is 0.340 e. The zero-order chi connectivity index (χ0) is 25.1. The Kier molecular flexibility index (Phi) is 6.04. The quantitative estimate of drug-likeness (QED) is 0.381. The second-order valence-corrected chi connectivity index (χ2v) is 12.5. The topological polar surface area (TPSA) is 84.5 Å². The second-order valence-electron chi connectivity index (χ2n) is 11.7. The van der Waals surface area contributed by atoms with Crippen LogP contribution >= 0.6 is 23.2 Å². The molecule has 7 rings (SSSR count). The molecular formula is C26H31Cl2N5O3. The summed E-state index contributed by atoms with van der Waals surface area (Å²) in [5.74, 6) is 1.40. The Morgan fingerprint density at radius 2 is 1.83 bits per heavy atom. The lowest BCUT2D eigenvalue weighted by atomic mass is 9.46. The summed E-state index contributed by atoms with van der Waals surface area (Å²) >= 11 is 12.4. The highest BCUT2D eigenvalue weighted by Crippen LogP contribution is 2.65. The van der Waals surface area contributed by atoms with Crippen LogP contribution in [0, 0.1) is 27.4 Å². The van der Waals surface area contributed by atoms with Crippen molar-refractivity contribution in [1.29, 1.82) is 0 Å². The highest BCUT2D eigenvalue weighted by atomic mass is 35.5. The predicted octanol–water partition coefficient (Wildman–Crippen LogP) is 5.13. The molecule has 0 radical (unpaired) electrons. The lowest BCUT2D eigenvalue weighted by Crippen LogP contribution is -2.58. The molecule has 2 unspecified atom stereocenters. The summed E-state index contributed by atoms with van der Waals surface area (Å²) in [7, 11) is 0. The third-order valence-electron chi connectivity index (χ3n) is 9.08. The summed E-state index contributed by atoms with van der Waals surface area (Å²) in [6, 6.07) is 5.61. The minimum absolute atomic E-state index is 0.0180. The van der Waals surface area contributed by atoms with E-state index in [2.05, 4.69) is 10.00 Å². The minimum Gasteiger partial charge on any atom is -0.340 e. The van der Waals surface area contributed by atoms with Crippen LogP contribution in [0.2, 0.25) is 10.0 Å². The molecule has 4 saturated carbocycles. The molecule has 1 aromatic heterocycles. The average molecular weight is 532 g/mol. The van der Waals surface area contributed by atoms with Gasteiger partial charge in [0.05, 0.1) is 10.5 Å². The monoisotopic (exact) mass is 531 g/mol. The van der Waals surface area contributed by atoms with Gasteiger partial charge in [-0.2, -0.15) is 5.10 Å². The van der Waals surface area contributed by atoms with Gasteiger partial charge < -0.3 is 4.90 Å². The van der Waals surface area contributed by atoms with E-state index in [-0.39, 0.29) is 27.5 Å².